The van der Waals surface area contributed by atoms with Crippen LogP contribution in [0.1, 0.15) is 40.5 Å². The van der Waals surface area contributed by atoms with Gasteiger partial charge in [-0.15, -0.1) is 0 Å². The summed E-state index contributed by atoms with van der Waals surface area (Å²) in [5.41, 5.74) is 4.88. The molecule has 0 radical (unpaired) electrons. The van der Waals surface area contributed by atoms with Crippen LogP contribution in [0.5, 0.6) is 0 Å². The zero-order valence-electron chi connectivity index (χ0n) is 11.8. The smallest absolute Gasteiger partial charge is 0.408 e. The van der Waals surface area contributed by atoms with Crippen molar-refractivity contribution in [3.05, 3.63) is 0 Å². The molecular formula is C12H23N3O4. The Morgan fingerprint density at radius 1 is 1.42 bits per heavy atom. The third kappa shape index (κ3) is 9.87. The average molecular weight is 273 g/mol. The van der Waals surface area contributed by atoms with Gasteiger partial charge in [0.25, 0.3) is 5.97 Å². The maximum absolute atomic E-state index is 11.4. The van der Waals surface area contributed by atoms with Gasteiger partial charge in [0, 0.05) is 6.92 Å². The SMILES string of the molecule is CC(=O)O.CC(C)(C)OC(=O)NC(C(=N)N)C1CC1. The molecule has 7 heteroatoms. The Bertz CT molecular complexity index is 341. The van der Waals surface area contributed by atoms with E-state index >= 15 is 0 Å². The Hall–Kier alpha value is -1.79. The highest BCUT2D eigenvalue weighted by atomic mass is 16.6. The number of carbonyl (C=O) groups is 2. The van der Waals surface area contributed by atoms with Crippen LogP contribution in [0.3, 0.4) is 0 Å². The van der Waals surface area contributed by atoms with Gasteiger partial charge in [0.15, 0.2) is 0 Å². The Morgan fingerprint density at radius 3 is 2.11 bits per heavy atom. The molecule has 7 nitrogen and oxygen atoms in total. The molecule has 1 amide bonds. The standard InChI is InChI=1S/C10H19N3O2.C2H4O2/c1-10(2,3)15-9(14)13-7(8(11)12)6-4-5-6;1-2(3)4/h6-7H,4-5H2,1-3H3,(H3,11,12)(H,13,14);1H3,(H,3,4). The van der Waals surface area contributed by atoms with Crippen molar-refractivity contribution in [2.24, 2.45) is 11.7 Å². The van der Waals surface area contributed by atoms with Crippen molar-refractivity contribution in [3.63, 3.8) is 0 Å². The number of ether oxygens (including phenoxy) is 1. The number of hydrogen-bond donors (Lipinski definition) is 4. The zero-order valence-corrected chi connectivity index (χ0v) is 11.8. The van der Waals surface area contributed by atoms with E-state index in [2.05, 4.69) is 5.32 Å². The van der Waals surface area contributed by atoms with E-state index in [1.807, 2.05) is 0 Å². The first kappa shape index (κ1) is 17.2. The normalized spacial score (nSPS) is 15.6. The van der Waals surface area contributed by atoms with Gasteiger partial charge in [0.1, 0.15) is 11.4 Å². The zero-order chi connectivity index (χ0) is 15.2. The lowest BCUT2D eigenvalue weighted by Gasteiger charge is -2.22. The number of aliphatic carboxylic acids is 1. The number of alkyl carbamates (subject to hydrolysis) is 1. The maximum atomic E-state index is 11.4. The van der Waals surface area contributed by atoms with Crippen molar-refractivity contribution in [2.75, 3.05) is 0 Å². The van der Waals surface area contributed by atoms with Crippen LogP contribution < -0.4 is 11.1 Å². The molecule has 1 aliphatic carbocycles. The topological polar surface area (TPSA) is 125 Å². The van der Waals surface area contributed by atoms with Crippen molar-refractivity contribution >= 4 is 17.9 Å². The largest absolute Gasteiger partial charge is 0.481 e. The summed E-state index contributed by atoms with van der Waals surface area (Å²) in [7, 11) is 0. The molecule has 1 unspecified atom stereocenters. The lowest BCUT2D eigenvalue weighted by Crippen LogP contribution is -2.47. The van der Waals surface area contributed by atoms with Crippen LogP contribution in [0.25, 0.3) is 0 Å². The molecule has 0 aromatic carbocycles. The molecule has 0 aliphatic heterocycles. The van der Waals surface area contributed by atoms with E-state index in [1.165, 1.54) is 0 Å². The number of rotatable bonds is 3. The van der Waals surface area contributed by atoms with Gasteiger partial charge < -0.3 is 20.9 Å². The molecule has 1 atom stereocenters. The first-order valence-electron chi connectivity index (χ1n) is 6.06. The molecule has 0 bridgehead atoms. The second-order valence-corrected chi connectivity index (χ2v) is 5.44. The van der Waals surface area contributed by atoms with E-state index in [0.717, 1.165) is 19.8 Å². The predicted octanol–water partition coefficient (Wildman–Crippen LogP) is 1.32. The fraction of sp³-hybridized carbons (Fsp3) is 0.750. The summed E-state index contributed by atoms with van der Waals surface area (Å²) in [6.45, 7) is 6.48. The molecule has 1 saturated carbocycles. The molecule has 1 fully saturated rings. The number of carbonyl (C=O) groups excluding carboxylic acids is 1. The lowest BCUT2D eigenvalue weighted by atomic mass is 10.1. The first-order valence-corrected chi connectivity index (χ1v) is 6.06. The van der Waals surface area contributed by atoms with Crippen LogP contribution in [0.15, 0.2) is 0 Å². The third-order valence-electron chi connectivity index (χ3n) is 2.10. The summed E-state index contributed by atoms with van der Waals surface area (Å²) < 4.78 is 5.09. The van der Waals surface area contributed by atoms with Crippen LogP contribution >= 0.6 is 0 Å². The van der Waals surface area contributed by atoms with E-state index in [4.69, 9.17) is 25.8 Å². The fourth-order valence-electron chi connectivity index (χ4n) is 1.31. The highest BCUT2D eigenvalue weighted by Crippen LogP contribution is 2.32. The Balaban J connectivity index is 0.000000711. The number of amidine groups is 1. The van der Waals surface area contributed by atoms with Crippen molar-refractivity contribution < 1.29 is 19.4 Å². The minimum Gasteiger partial charge on any atom is -0.481 e. The van der Waals surface area contributed by atoms with Gasteiger partial charge in [-0.05, 0) is 39.5 Å². The number of nitrogens with one attached hydrogen (secondary N) is 2. The fourth-order valence-corrected chi connectivity index (χ4v) is 1.31. The minimum atomic E-state index is -0.833. The number of nitrogens with two attached hydrogens (primary N) is 1. The van der Waals surface area contributed by atoms with Gasteiger partial charge in [-0.25, -0.2) is 4.79 Å². The molecular weight excluding hydrogens is 250 g/mol. The van der Waals surface area contributed by atoms with E-state index in [0.29, 0.717) is 5.92 Å². The molecule has 1 rings (SSSR count). The second-order valence-electron chi connectivity index (χ2n) is 5.44. The van der Waals surface area contributed by atoms with E-state index in [1.54, 1.807) is 20.8 Å². The van der Waals surface area contributed by atoms with Crippen LogP contribution in [-0.4, -0.2) is 34.6 Å². The third-order valence-corrected chi connectivity index (χ3v) is 2.10. The summed E-state index contributed by atoms with van der Waals surface area (Å²) in [5.74, 6) is -0.515. The molecule has 0 saturated heterocycles. The maximum Gasteiger partial charge on any atom is 0.408 e. The summed E-state index contributed by atoms with van der Waals surface area (Å²) in [6.07, 6.45) is 1.52. The molecule has 19 heavy (non-hydrogen) atoms. The van der Waals surface area contributed by atoms with Gasteiger partial charge in [-0.1, -0.05) is 0 Å². The van der Waals surface area contributed by atoms with Crippen LogP contribution in [-0.2, 0) is 9.53 Å². The Morgan fingerprint density at radius 2 is 1.84 bits per heavy atom. The Labute approximate surface area is 113 Å². The highest BCUT2D eigenvalue weighted by molar-refractivity contribution is 5.87. The Kier molecular flexibility index (Phi) is 6.31. The van der Waals surface area contributed by atoms with Crippen molar-refractivity contribution in [1.82, 2.24) is 5.32 Å². The number of carboxylic acid groups (broad SMARTS) is 1. The predicted molar refractivity (Wildman–Crippen MR) is 71.1 cm³/mol. The van der Waals surface area contributed by atoms with E-state index < -0.39 is 17.7 Å². The summed E-state index contributed by atoms with van der Waals surface area (Å²) in [6, 6.07) is -0.361. The quantitative estimate of drug-likeness (QED) is 0.455. The summed E-state index contributed by atoms with van der Waals surface area (Å²) in [5, 5.41) is 17.4. The van der Waals surface area contributed by atoms with Crippen LogP contribution in [0.4, 0.5) is 4.79 Å². The van der Waals surface area contributed by atoms with Gasteiger partial charge >= 0.3 is 6.09 Å². The van der Waals surface area contributed by atoms with Gasteiger partial charge in [0.2, 0.25) is 0 Å². The minimum absolute atomic E-state index is 0.00311. The molecule has 0 heterocycles. The van der Waals surface area contributed by atoms with Gasteiger partial charge in [-0.3, -0.25) is 10.2 Å². The monoisotopic (exact) mass is 273 g/mol. The second kappa shape index (κ2) is 6.96. The molecule has 0 spiro atoms. The molecule has 0 aromatic rings. The number of amides is 1. The molecule has 5 N–H and O–H groups in total. The van der Waals surface area contributed by atoms with Crippen molar-refractivity contribution in [3.8, 4) is 0 Å². The number of carboxylic acids is 1. The molecule has 0 aromatic heterocycles. The first-order chi connectivity index (χ1) is 8.53. The van der Waals surface area contributed by atoms with Crippen molar-refractivity contribution in [1.29, 1.82) is 5.41 Å². The van der Waals surface area contributed by atoms with Crippen molar-refractivity contribution in [2.45, 2.75) is 52.2 Å². The van der Waals surface area contributed by atoms with E-state index in [-0.39, 0.29) is 11.9 Å². The molecule has 1 aliphatic rings. The number of hydrogen-bond acceptors (Lipinski definition) is 4. The summed E-state index contributed by atoms with van der Waals surface area (Å²) in [4.78, 5) is 20.4. The summed E-state index contributed by atoms with van der Waals surface area (Å²) >= 11 is 0. The van der Waals surface area contributed by atoms with Crippen LogP contribution in [0.2, 0.25) is 0 Å². The van der Waals surface area contributed by atoms with Crippen LogP contribution in [0, 0.1) is 11.3 Å². The average Bonchev–Trinajstić information content (AvgIpc) is 2.92. The van der Waals surface area contributed by atoms with E-state index in [9.17, 15) is 4.79 Å². The van der Waals surface area contributed by atoms with Gasteiger partial charge in [0.05, 0.1) is 6.04 Å². The highest BCUT2D eigenvalue weighted by Gasteiger charge is 2.35. The lowest BCUT2D eigenvalue weighted by molar-refractivity contribution is -0.134. The molecule has 110 valence electrons. The van der Waals surface area contributed by atoms with Gasteiger partial charge in [-0.2, -0.15) is 0 Å².